The number of hydrogen-bond donors (Lipinski definition) is 1. The minimum absolute atomic E-state index is 0.317. The Labute approximate surface area is 84.3 Å². The van der Waals surface area contributed by atoms with E-state index in [9.17, 15) is 0 Å². The van der Waals surface area contributed by atoms with Crippen molar-refractivity contribution in [1.82, 2.24) is 4.98 Å². The summed E-state index contributed by atoms with van der Waals surface area (Å²) in [5.41, 5.74) is 1.17. The number of halogens is 1. The average molecular weight is 199 g/mol. The Morgan fingerprint density at radius 3 is 2.77 bits per heavy atom. The maximum Gasteiger partial charge on any atom is 0.126 e. The molecule has 1 unspecified atom stereocenters. The highest BCUT2D eigenvalue weighted by Crippen LogP contribution is 2.07. The van der Waals surface area contributed by atoms with Crippen molar-refractivity contribution in [2.75, 3.05) is 11.2 Å². The molecule has 0 bridgehead atoms. The van der Waals surface area contributed by atoms with Gasteiger partial charge in [0.05, 0.1) is 0 Å². The van der Waals surface area contributed by atoms with Crippen LogP contribution in [0.2, 0.25) is 0 Å². The molecule has 0 aliphatic carbocycles. The summed E-state index contributed by atoms with van der Waals surface area (Å²) >= 11 is 5.76. The summed E-state index contributed by atoms with van der Waals surface area (Å²) in [6.45, 7) is 4.13. The molecule has 13 heavy (non-hydrogen) atoms. The summed E-state index contributed by atoms with van der Waals surface area (Å²) in [6, 6.07) is 4.33. The molecule has 0 saturated heterocycles. The molecule has 1 N–H and O–H groups in total. The van der Waals surface area contributed by atoms with Gasteiger partial charge in [-0.3, -0.25) is 0 Å². The summed E-state index contributed by atoms with van der Waals surface area (Å²) in [7, 11) is 0. The van der Waals surface area contributed by atoms with E-state index >= 15 is 0 Å². The van der Waals surface area contributed by atoms with E-state index in [1.807, 2.05) is 25.3 Å². The van der Waals surface area contributed by atoms with E-state index in [0.717, 1.165) is 12.2 Å². The fourth-order valence-electron chi connectivity index (χ4n) is 1.01. The largest absolute Gasteiger partial charge is 0.366 e. The molecule has 0 fully saturated rings. The SMILES string of the molecule is CCC(CCl)Nc1ccc(C)cn1. The maximum absolute atomic E-state index is 5.76. The highest BCUT2D eigenvalue weighted by Gasteiger charge is 2.03. The molecule has 1 aromatic rings. The van der Waals surface area contributed by atoms with Gasteiger partial charge in [-0.15, -0.1) is 11.6 Å². The van der Waals surface area contributed by atoms with E-state index in [-0.39, 0.29) is 0 Å². The van der Waals surface area contributed by atoms with Crippen LogP contribution in [-0.4, -0.2) is 16.9 Å². The van der Waals surface area contributed by atoms with Gasteiger partial charge in [0.25, 0.3) is 0 Å². The number of nitrogens with zero attached hydrogens (tertiary/aromatic N) is 1. The van der Waals surface area contributed by atoms with Gasteiger partial charge in [-0.2, -0.15) is 0 Å². The summed E-state index contributed by atoms with van der Waals surface area (Å²) in [4.78, 5) is 4.24. The Morgan fingerprint density at radius 2 is 2.31 bits per heavy atom. The molecule has 0 amide bonds. The first-order valence-corrected chi connectivity index (χ1v) is 5.05. The van der Waals surface area contributed by atoms with Gasteiger partial charge in [0.15, 0.2) is 0 Å². The lowest BCUT2D eigenvalue weighted by molar-refractivity contribution is 0.765. The molecule has 1 heterocycles. The molecule has 0 aromatic carbocycles. The molecule has 72 valence electrons. The number of aryl methyl sites for hydroxylation is 1. The number of alkyl halides is 1. The molecular weight excluding hydrogens is 184 g/mol. The minimum atomic E-state index is 0.317. The predicted octanol–water partition coefficient (Wildman–Crippen LogP) is 2.82. The summed E-state index contributed by atoms with van der Waals surface area (Å²) < 4.78 is 0. The molecule has 0 spiro atoms. The summed E-state index contributed by atoms with van der Waals surface area (Å²) in [5, 5.41) is 3.26. The summed E-state index contributed by atoms with van der Waals surface area (Å²) in [6.07, 6.45) is 2.86. The van der Waals surface area contributed by atoms with Gasteiger partial charge >= 0.3 is 0 Å². The standard InChI is InChI=1S/C10H15ClN2/c1-3-9(6-11)13-10-5-4-8(2)7-12-10/h4-5,7,9H,3,6H2,1-2H3,(H,12,13). The Kier molecular flexibility index (Phi) is 4.03. The maximum atomic E-state index is 5.76. The molecule has 0 radical (unpaired) electrons. The number of rotatable bonds is 4. The number of pyridine rings is 1. The van der Waals surface area contributed by atoms with E-state index in [0.29, 0.717) is 11.9 Å². The van der Waals surface area contributed by atoms with Crippen LogP contribution in [0.15, 0.2) is 18.3 Å². The number of hydrogen-bond acceptors (Lipinski definition) is 2. The zero-order valence-electron chi connectivity index (χ0n) is 8.05. The van der Waals surface area contributed by atoms with Crippen molar-refractivity contribution in [3.8, 4) is 0 Å². The third-order valence-electron chi connectivity index (χ3n) is 1.94. The Balaban J connectivity index is 2.58. The van der Waals surface area contributed by atoms with Gasteiger partial charge in [-0.25, -0.2) is 4.98 Å². The van der Waals surface area contributed by atoms with Gasteiger partial charge in [-0.1, -0.05) is 13.0 Å². The second-order valence-electron chi connectivity index (χ2n) is 3.12. The molecule has 1 atom stereocenters. The number of anilines is 1. The normalized spacial score (nSPS) is 12.5. The fraction of sp³-hybridized carbons (Fsp3) is 0.500. The highest BCUT2D eigenvalue weighted by molar-refractivity contribution is 6.18. The Hall–Kier alpha value is -0.760. The van der Waals surface area contributed by atoms with Crippen LogP contribution in [0, 0.1) is 6.92 Å². The monoisotopic (exact) mass is 198 g/mol. The van der Waals surface area contributed by atoms with E-state index in [2.05, 4.69) is 17.2 Å². The predicted molar refractivity (Wildman–Crippen MR) is 57.4 cm³/mol. The van der Waals surface area contributed by atoms with Crippen LogP contribution >= 0.6 is 11.6 Å². The molecule has 0 aliphatic rings. The molecule has 2 nitrogen and oxygen atoms in total. The van der Waals surface area contributed by atoms with Crippen molar-refractivity contribution >= 4 is 17.4 Å². The van der Waals surface area contributed by atoms with Crippen LogP contribution in [0.3, 0.4) is 0 Å². The van der Waals surface area contributed by atoms with Crippen molar-refractivity contribution in [1.29, 1.82) is 0 Å². The lowest BCUT2D eigenvalue weighted by Gasteiger charge is -2.13. The van der Waals surface area contributed by atoms with Crippen LogP contribution in [0.5, 0.6) is 0 Å². The lowest BCUT2D eigenvalue weighted by Crippen LogP contribution is -2.20. The van der Waals surface area contributed by atoms with Gasteiger partial charge in [0, 0.05) is 18.1 Å². The average Bonchev–Trinajstić information content (AvgIpc) is 2.17. The molecule has 1 aromatic heterocycles. The van der Waals surface area contributed by atoms with Crippen LogP contribution in [0.4, 0.5) is 5.82 Å². The van der Waals surface area contributed by atoms with E-state index in [1.54, 1.807) is 0 Å². The van der Waals surface area contributed by atoms with Crippen molar-refractivity contribution in [2.45, 2.75) is 26.3 Å². The second-order valence-corrected chi connectivity index (χ2v) is 3.43. The van der Waals surface area contributed by atoms with Crippen LogP contribution in [0.1, 0.15) is 18.9 Å². The van der Waals surface area contributed by atoms with Crippen molar-refractivity contribution in [2.24, 2.45) is 0 Å². The quantitative estimate of drug-likeness (QED) is 0.753. The van der Waals surface area contributed by atoms with Gasteiger partial charge in [0.2, 0.25) is 0 Å². The molecule has 0 aliphatic heterocycles. The minimum Gasteiger partial charge on any atom is -0.366 e. The van der Waals surface area contributed by atoms with Crippen molar-refractivity contribution in [3.05, 3.63) is 23.9 Å². The van der Waals surface area contributed by atoms with Crippen molar-refractivity contribution < 1.29 is 0 Å². The smallest absolute Gasteiger partial charge is 0.126 e. The van der Waals surface area contributed by atoms with E-state index in [4.69, 9.17) is 11.6 Å². The van der Waals surface area contributed by atoms with Gasteiger partial charge < -0.3 is 5.32 Å². The Bertz CT molecular complexity index is 242. The number of nitrogens with one attached hydrogen (secondary N) is 1. The van der Waals surface area contributed by atoms with E-state index in [1.165, 1.54) is 5.56 Å². The first-order chi connectivity index (χ1) is 6.26. The third-order valence-corrected chi connectivity index (χ3v) is 2.31. The van der Waals surface area contributed by atoms with Crippen LogP contribution < -0.4 is 5.32 Å². The molecule has 3 heteroatoms. The summed E-state index contributed by atoms with van der Waals surface area (Å²) in [5.74, 6) is 1.52. The zero-order valence-corrected chi connectivity index (χ0v) is 8.80. The molecular formula is C10H15ClN2. The van der Waals surface area contributed by atoms with Crippen LogP contribution in [-0.2, 0) is 0 Å². The topological polar surface area (TPSA) is 24.9 Å². The second kappa shape index (κ2) is 5.07. The third kappa shape index (κ3) is 3.23. The van der Waals surface area contributed by atoms with Gasteiger partial charge in [0.1, 0.15) is 5.82 Å². The van der Waals surface area contributed by atoms with Crippen molar-refractivity contribution in [3.63, 3.8) is 0 Å². The Morgan fingerprint density at radius 1 is 1.54 bits per heavy atom. The molecule has 1 rings (SSSR count). The fourth-order valence-corrected chi connectivity index (χ4v) is 1.31. The lowest BCUT2D eigenvalue weighted by atomic mass is 10.2. The van der Waals surface area contributed by atoms with Gasteiger partial charge in [-0.05, 0) is 25.0 Å². The first-order valence-electron chi connectivity index (χ1n) is 4.51. The first kappa shape index (κ1) is 10.3. The number of aromatic nitrogens is 1. The van der Waals surface area contributed by atoms with Crippen LogP contribution in [0.25, 0.3) is 0 Å². The van der Waals surface area contributed by atoms with E-state index < -0.39 is 0 Å². The zero-order chi connectivity index (χ0) is 9.68. The molecule has 0 saturated carbocycles. The highest BCUT2D eigenvalue weighted by atomic mass is 35.5.